The summed E-state index contributed by atoms with van der Waals surface area (Å²) in [5.74, 6) is -0.104. The van der Waals surface area contributed by atoms with Crippen LogP contribution in [0.2, 0.25) is 5.02 Å². The van der Waals surface area contributed by atoms with Crippen molar-refractivity contribution in [1.82, 2.24) is 9.21 Å². The number of sulfonamides is 1. The van der Waals surface area contributed by atoms with E-state index in [1.165, 1.54) is 10.4 Å². The molecule has 2 heterocycles. The predicted molar refractivity (Wildman–Crippen MR) is 105 cm³/mol. The molecular formula is C18H19ClN2O3S2. The molecule has 0 spiro atoms. The molecule has 0 radical (unpaired) electrons. The maximum absolute atomic E-state index is 12.7. The Morgan fingerprint density at radius 3 is 2.46 bits per heavy atom. The zero-order valence-electron chi connectivity index (χ0n) is 14.3. The second-order valence-corrected chi connectivity index (χ2v) is 9.22. The van der Waals surface area contributed by atoms with Crippen LogP contribution in [0, 0.1) is 6.92 Å². The fourth-order valence-electron chi connectivity index (χ4n) is 2.75. The fraction of sp³-hybridized carbons (Fsp3) is 0.278. The predicted octanol–water partition coefficient (Wildman–Crippen LogP) is 3.26. The largest absolute Gasteiger partial charge is 0.337 e. The average molecular weight is 411 g/mol. The highest BCUT2D eigenvalue weighted by atomic mass is 35.5. The fourth-order valence-corrected chi connectivity index (χ4v) is 5.48. The highest BCUT2D eigenvalue weighted by Crippen LogP contribution is 2.25. The van der Waals surface area contributed by atoms with E-state index in [2.05, 4.69) is 0 Å². The van der Waals surface area contributed by atoms with E-state index in [1.807, 2.05) is 24.4 Å². The molecule has 0 unspecified atom stereocenters. The summed E-state index contributed by atoms with van der Waals surface area (Å²) in [6.07, 6.45) is 3.37. The summed E-state index contributed by atoms with van der Waals surface area (Å²) in [5.41, 5.74) is 1.13. The number of hydrogen-bond donors (Lipinski definition) is 0. The van der Waals surface area contributed by atoms with Gasteiger partial charge < -0.3 is 4.90 Å². The lowest BCUT2D eigenvalue weighted by molar-refractivity contribution is -0.127. The molecule has 1 aromatic heterocycles. The van der Waals surface area contributed by atoms with Gasteiger partial charge in [0.05, 0.1) is 5.02 Å². The summed E-state index contributed by atoms with van der Waals surface area (Å²) >= 11 is 7.61. The number of halogens is 1. The molecule has 0 bridgehead atoms. The summed E-state index contributed by atoms with van der Waals surface area (Å²) in [6.45, 7) is 3.22. The van der Waals surface area contributed by atoms with Gasteiger partial charge >= 0.3 is 0 Å². The van der Waals surface area contributed by atoms with Gasteiger partial charge in [0.25, 0.3) is 0 Å². The number of aryl methyl sites for hydroxylation is 1. The molecule has 26 heavy (non-hydrogen) atoms. The Hall–Kier alpha value is -1.67. The minimum atomic E-state index is -3.65. The van der Waals surface area contributed by atoms with E-state index in [9.17, 15) is 13.2 Å². The molecule has 0 atom stereocenters. The lowest BCUT2D eigenvalue weighted by Gasteiger charge is -2.33. The zero-order chi connectivity index (χ0) is 18.7. The number of rotatable bonds is 4. The molecule has 5 nitrogen and oxygen atoms in total. The van der Waals surface area contributed by atoms with Crippen molar-refractivity contribution in [1.29, 1.82) is 0 Å². The molecule has 1 amide bonds. The third-order valence-electron chi connectivity index (χ3n) is 4.28. The van der Waals surface area contributed by atoms with Gasteiger partial charge in [-0.25, -0.2) is 8.42 Å². The van der Waals surface area contributed by atoms with Crippen LogP contribution >= 0.6 is 22.9 Å². The van der Waals surface area contributed by atoms with Gasteiger partial charge in [0, 0.05) is 37.1 Å². The summed E-state index contributed by atoms with van der Waals surface area (Å²) < 4.78 is 26.8. The van der Waals surface area contributed by atoms with Crippen molar-refractivity contribution >= 4 is 44.9 Å². The molecule has 1 fully saturated rings. The van der Waals surface area contributed by atoms with Crippen LogP contribution in [0.1, 0.15) is 10.4 Å². The van der Waals surface area contributed by atoms with Gasteiger partial charge in [-0.05, 0) is 42.1 Å². The standard InChI is InChI=1S/C18H19ClN2O3S2/c1-14-8-13-25-16(14)6-7-18(22)20-9-11-21(12-10-20)26(23,24)17-5-3-2-4-15(17)19/h2-8,13H,9-12H2,1H3/b7-6+. The molecule has 0 N–H and O–H groups in total. The summed E-state index contributed by atoms with van der Waals surface area (Å²) in [6, 6.07) is 8.41. The highest BCUT2D eigenvalue weighted by molar-refractivity contribution is 7.89. The first kappa shape index (κ1) is 19.1. The van der Waals surface area contributed by atoms with E-state index >= 15 is 0 Å². The summed E-state index contributed by atoms with van der Waals surface area (Å²) in [5, 5.41) is 2.19. The van der Waals surface area contributed by atoms with Crippen LogP contribution in [-0.2, 0) is 14.8 Å². The summed E-state index contributed by atoms with van der Waals surface area (Å²) in [4.78, 5) is 15.2. The first-order valence-corrected chi connectivity index (χ1v) is 10.8. The van der Waals surface area contributed by atoms with Crippen LogP contribution in [0.4, 0.5) is 0 Å². The monoisotopic (exact) mass is 410 g/mol. The number of benzene rings is 1. The third kappa shape index (κ3) is 4.01. The number of carbonyl (C=O) groups excluding carboxylic acids is 1. The van der Waals surface area contributed by atoms with E-state index in [0.717, 1.165) is 10.4 Å². The molecule has 2 aromatic rings. The van der Waals surface area contributed by atoms with Crippen LogP contribution in [-0.4, -0.2) is 49.7 Å². The molecule has 0 saturated carbocycles. The second-order valence-electron chi connectivity index (χ2n) is 5.96. The van der Waals surface area contributed by atoms with Crippen molar-refractivity contribution in [2.45, 2.75) is 11.8 Å². The van der Waals surface area contributed by atoms with Gasteiger partial charge in [0.2, 0.25) is 15.9 Å². The van der Waals surface area contributed by atoms with Gasteiger partial charge in [0.15, 0.2) is 0 Å². The Morgan fingerprint density at radius 2 is 1.85 bits per heavy atom. The van der Waals surface area contributed by atoms with E-state index < -0.39 is 10.0 Å². The normalized spacial score (nSPS) is 16.3. The molecule has 1 saturated heterocycles. The van der Waals surface area contributed by atoms with Gasteiger partial charge in [-0.1, -0.05) is 23.7 Å². The number of nitrogens with zero attached hydrogens (tertiary/aromatic N) is 2. The van der Waals surface area contributed by atoms with Crippen molar-refractivity contribution in [3.8, 4) is 0 Å². The van der Waals surface area contributed by atoms with Crippen molar-refractivity contribution in [2.24, 2.45) is 0 Å². The average Bonchev–Trinajstić information content (AvgIpc) is 3.05. The van der Waals surface area contributed by atoms with Crippen LogP contribution in [0.3, 0.4) is 0 Å². The molecule has 1 aromatic carbocycles. The Balaban J connectivity index is 1.64. The zero-order valence-corrected chi connectivity index (χ0v) is 16.6. The third-order valence-corrected chi connectivity index (χ3v) is 7.67. The van der Waals surface area contributed by atoms with Gasteiger partial charge in [-0.2, -0.15) is 4.31 Å². The van der Waals surface area contributed by atoms with Crippen molar-refractivity contribution < 1.29 is 13.2 Å². The van der Waals surface area contributed by atoms with Gasteiger partial charge in [0.1, 0.15) is 4.90 Å². The smallest absolute Gasteiger partial charge is 0.246 e. The maximum Gasteiger partial charge on any atom is 0.246 e. The minimum Gasteiger partial charge on any atom is -0.337 e. The molecule has 3 rings (SSSR count). The first-order chi connectivity index (χ1) is 12.4. The Morgan fingerprint density at radius 1 is 1.15 bits per heavy atom. The quantitative estimate of drug-likeness (QED) is 0.727. The number of piperazine rings is 1. The SMILES string of the molecule is Cc1ccsc1/C=C/C(=O)N1CCN(S(=O)(=O)c2ccccc2Cl)CC1. The molecular weight excluding hydrogens is 392 g/mol. The number of hydrogen-bond acceptors (Lipinski definition) is 4. The molecule has 0 aliphatic carbocycles. The first-order valence-electron chi connectivity index (χ1n) is 8.15. The van der Waals surface area contributed by atoms with E-state index in [4.69, 9.17) is 11.6 Å². The minimum absolute atomic E-state index is 0.104. The number of amides is 1. The maximum atomic E-state index is 12.7. The number of carbonyl (C=O) groups is 1. The van der Waals surface area contributed by atoms with Gasteiger partial charge in [-0.15, -0.1) is 11.3 Å². The summed E-state index contributed by atoms with van der Waals surface area (Å²) in [7, 11) is -3.65. The van der Waals surface area contributed by atoms with Crippen molar-refractivity contribution in [3.05, 3.63) is 57.3 Å². The lowest BCUT2D eigenvalue weighted by atomic mass is 10.2. The molecule has 8 heteroatoms. The topological polar surface area (TPSA) is 57.7 Å². The second kappa shape index (κ2) is 7.92. The van der Waals surface area contributed by atoms with Crippen LogP contribution in [0.5, 0.6) is 0 Å². The van der Waals surface area contributed by atoms with Crippen molar-refractivity contribution in [2.75, 3.05) is 26.2 Å². The van der Waals surface area contributed by atoms with E-state index in [-0.39, 0.29) is 28.9 Å². The molecule has 1 aliphatic rings. The van der Waals surface area contributed by atoms with Crippen molar-refractivity contribution in [3.63, 3.8) is 0 Å². The van der Waals surface area contributed by atoms with E-state index in [1.54, 1.807) is 40.5 Å². The Labute approximate surface area is 162 Å². The Kier molecular flexibility index (Phi) is 5.82. The lowest BCUT2D eigenvalue weighted by Crippen LogP contribution is -2.50. The Bertz CT molecular complexity index is 929. The van der Waals surface area contributed by atoms with E-state index in [0.29, 0.717) is 13.1 Å². The van der Waals surface area contributed by atoms with Crippen LogP contribution in [0.15, 0.2) is 46.7 Å². The van der Waals surface area contributed by atoms with Gasteiger partial charge in [-0.3, -0.25) is 4.79 Å². The number of thiophene rings is 1. The van der Waals surface area contributed by atoms with Crippen LogP contribution < -0.4 is 0 Å². The van der Waals surface area contributed by atoms with Crippen LogP contribution in [0.25, 0.3) is 6.08 Å². The molecule has 1 aliphatic heterocycles. The highest BCUT2D eigenvalue weighted by Gasteiger charge is 2.30. The molecule has 138 valence electrons.